The van der Waals surface area contributed by atoms with Gasteiger partial charge >= 0.3 is 12.4 Å². The second-order valence-electron chi connectivity index (χ2n) is 9.61. The SMILES string of the molecule is CN1CCc2c(c(-c3ccc(F)cc3)c(C(=O)N(C)Cc3cc(C(F)(F)F)cc(C(F)(F)F)c3)n(C)c2=O)C1. The van der Waals surface area contributed by atoms with Crippen molar-refractivity contribution in [2.75, 3.05) is 20.6 Å². The second-order valence-corrected chi connectivity index (χ2v) is 9.61. The number of fused-ring (bicyclic) bond motifs is 1. The Balaban J connectivity index is 1.84. The van der Waals surface area contributed by atoms with E-state index in [1.165, 1.54) is 38.4 Å². The minimum Gasteiger partial charge on any atom is -0.336 e. The van der Waals surface area contributed by atoms with Crippen LogP contribution in [0.1, 0.15) is 38.3 Å². The van der Waals surface area contributed by atoms with E-state index in [2.05, 4.69) is 0 Å². The van der Waals surface area contributed by atoms with Crippen LogP contribution in [0.3, 0.4) is 0 Å². The van der Waals surface area contributed by atoms with Crippen LogP contribution >= 0.6 is 0 Å². The summed E-state index contributed by atoms with van der Waals surface area (Å²) in [5, 5.41) is 0. The Hall–Kier alpha value is -3.67. The van der Waals surface area contributed by atoms with Crippen molar-refractivity contribution in [2.45, 2.75) is 31.9 Å². The third-order valence-corrected chi connectivity index (χ3v) is 6.72. The Kier molecular flexibility index (Phi) is 7.37. The smallest absolute Gasteiger partial charge is 0.336 e. The zero-order valence-electron chi connectivity index (χ0n) is 21.2. The molecule has 0 aliphatic carbocycles. The summed E-state index contributed by atoms with van der Waals surface area (Å²) in [7, 11) is 4.43. The van der Waals surface area contributed by atoms with Crippen LogP contribution < -0.4 is 5.56 Å². The fourth-order valence-electron chi connectivity index (χ4n) is 4.79. The molecule has 5 nitrogen and oxygen atoms in total. The Morgan fingerprint density at radius 2 is 1.49 bits per heavy atom. The number of alkyl halides is 6. The first-order chi connectivity index (χ1) is 18.1. The average Bonchev–Trinajstić information content (AvgIpc) is 2.85. The van der Waals surface area contributed by atoms with E-state index in [1.807, 2.05) is 11.9 Å². The molecule has 0 bridgehead atoms. The highest BCUT2D eigenvalue weighted by molar-refractivity contribution is 6.00. The highest BCUT2D eigenvalue weighted by Crippen LogP contribution is 2.37. The molecule has 208 valence electrons. The number of halogens is 7. The summed E-state index contributed by atoms with van der Waals surface area (Å²) in [6.45, 7) is 0.305. The molecule has 1 aliphatic heterocycles. The molecule has 0 N–H and O–H groups in total. The number of aromatic nitrogens is 1. The van der Waals surface area contributed by atoms with Gasteiger partial charge in [-0.25, -0.2) is 4.39 Å². The average molecular weight is 555 g/mol. The fourth-order valence-corrected chi connectivity index (χ4v) is 4.79. The summed E-state index contributed by atoms with van der Waals surface area (Å²) >= 11 is 0. The monoisotopic (exact) mass is 555 g/mol. The standard InChI is InChI=1S/C27H24F7N3O2/c1-35-9-8-20-21(14-35)22(16-4-6-19(28)7-5-16)23(37(3)24(20)38)25(39)36(2)13-15-10-17(26(29,30)31)12-18(11-15)27(32,33)34/h4-7,10-12H,8-9,13-14H2,1-3H3. The van der Waals surface area contributed by atoms with E-state index in [1.54, 1.807) is 0 Å². The number of amides is 1. The van der Waals surface area contributed by atoms with Crippen LogP contribution in [0.4, 0.5) is 30.7 Å². The summed E-state index contributed by atoms with van der Waals surface area (Å²) in [6.07, 6.45) is -9.67. The molecule has 0 atom stereocenters. The van der Waals surface area contributed by atoms with E-state index in [-0.39, 0.29) is 17.3 Å². The zero-order chi connectivity index (χ0) is 28.9. The Bertz CT molecular complexity index is 1440. The van der Waals surface area contributed by atoms with E-state index in [4.69, 9.17) is 0 Å². The number of likely N-dealkylation sites (N-methyl/N-ethyl adjacent to an activating group) is 1. The fraction of sp³-hybridized carbons (Fsp3) is 0.333. The largest absolute Gasteiger partial charge is 0.416 e. The Labute approximate surface area is 219 Å². The molecule has 1 aliphatic rings. The van der Waals surface area contributed by atoms with E-state index in [9.17, 15) is 40.3 Å². The molecule has 0 saturated heterocycles. The van der Waals surface area contributed by atoms with Crippen LogP contribution in [0.5, 0.6) is 0 Å². The molecule has 1 aromatic heterocycles. The first-order valence-electron chi connectivity index (χ1n) is 11.8. The maximum atomic E-state index is 13.7. The highest BCUT2D eigenvalue weighted by atomic mass is 19.4. The maximum Gasteiger partial charge on any atom is 0.416 e. The van der Waals surface area contributed by atoms with Crippen molar-refractivity contribution in [1.29, 1.82) is 0 Å². The normalized spacial score (nSPS) is 14.3. The number of hydrogen-bond donors (Lipinski definition) is 0. The minimum atomic E-state index is -5.04. The van der Waals surface area contributed by atoms with Crippen molar-refractivity contribution in [3.8, 4) is 11.1 Å². The molecular weight excluding hydrogens is 531 g/mol. The summed E-state index contributed by atoms with van der Waals surface area (Å²) < 4.78 is 94.9. The second kappa shape index (κ2) is 10.1. The summed E-state index contributed by atoms with van der Waals surface area (Å²) in [5.74, 6) is -1.32. The third-order valence-electron chi connectivity index (χ3n) is 6.72. The van der Waals surface area contributed by atoms with Gasteiger partial charge in [0.25, 0.3) is 11.5 Å². The molecule has 0 saturated carbocycles. The van der Waals surface area contributed by atoms with E-state index >= 15 is 0 Å². The van der Waals surface area contributed by atoms with Crippen molar-refractivity contribution in [3.63, 3.8) is 0 Å². The predicted molar refractivity (Wildman–Crippen MR) is 129 cm³/mol. The summed E-state index contributed by atoms with van der Waals surface area (Å²) in [6, 6.07) is 6.41. The number of pyridine rings is 1. The van der Waals surface area contributed by atoms with Gasteiger partial charge in [0, 0.05) is 44.9 Å². The van der Waals surface area contributed by atoms with E-state index < -0.39 is 47.3 Å². The molecule has 2 heterocycles. The highest BCUT2D eigenvalue weighted by Gasteiger charge is 2.37. The van der Waals surface area contributed by atoms with Crippen LogP contribution in [0.2, 0.25) is 0 Å². The van der Waals surface area contributed by atoms with Gasteiger partial charge in [-0.2, -0.15) is 26.3 Å². The number of carbonyl (C=O) groups is 1. The van der Waals surface area contributed by atoms with Gasteiger partial charge in [0.15, 0.2) is 0 Å². The molecule has 2 aromatic carbocycles. The summed E-state index contributed by atoms with van der Waals surface area (Å²) in [4.78, 5) is 29.9. The quantitative estimate of drug-likeness (QED) is 0.400. The topological polar surface area (TPSA) is 45.6 Å². The lowest BCUT2D eigenvalue weighted by molar-refractivity contribution is -0.143. The first kappa shape index (κ1) is 28.3. The van der Waals surface area contributed by atoms with Gasteiger partial charge in [-0.05, 0) is 60.5 Å². The van der Waals surface area contributed by atoms with Gasteiger partial charge in [0.05, 0.1) is 11.1 Å². The lowest BCUT2D eigenvalue weighted by Crippen LogP contribution is -2.39. The molecular formula is C27H24F7N3O2. The molecule has 0 fully saturated rings. The Morgan fingerprint density at radius 1 is 0.923 bits per heavy atom. The molecule has 0 spiro atoms. The van der Waals surface area contributed by atoms with Crippen molar-refractivity contribution < 1.29 is 35.5 Å². The van der Waals surface area contributed by atoms with E-state index in [0.717, 1.165) is 9.47 Å². The first-order valence-corrected chi connectivity index (χ1v) is 11.8. The number of carbonyl (C=O) groups excluding carboxylic acids is 1. The van der Waals surface area contributed by atoms with Crippen LogP contribution in [0.25, 0.3) is 11.1 Å². The number of hydrogen-bond acceptors (Lipinski definition) is 3. The van der Waals surface area contributed by atoms with Crippen molar-refractivity contribution in [1.82, 2.24) is 14.4 Å². The molecule has 0 unspecified atom stereocenters. The third kappa shape index (κ3) is 5.70. The molecule has 1 amide bonds. The molecule has 0 radical (unpaired) electrons. The summed E-state index contributed by atoms with van der Waals surface area (Å²) in [5.41, 5.74) is -2.07. The van der Waals surface area contributed by atoms with Gasteiger partial charge in [0.2, 0.25) is 0 Å². The van der Waals surface area contributed by atoms with Crippen molar-refractivity contribution >= 4 is 5.91 Å². The van der Waals surface area contributed by atoms with Crippen LogP contribution in [-0.4, -0.2) is 40.9 Å². The minimum absolute atomic E-state index is 0.0155. The molecule has 3 aromatic rings. The van der Waals surface area contributed by atoms with Gasteiger partial charge in [-0.1, -0.05) is 12.1 Å². The molecule has 39 heavy (non-hydrogen) atoms. The molecule has 12 heteroatoms. The van der Waals surface area contributed by atoms with Crippen molar-refractivity contribution in [2.24, 2.45) is 7.05 Å². The van der Waals surface area contributed by atoms with Gasteiger partial charge in [0.1, 0.15) is 11.5 Å². The van der Waals surface area contributed by atoms with Gasteiger partial charge in [-0.15, -0.1) is 0 Å². The Morgan fingerprint density at radius 3 is 2.03 bits per heavy atom. The number of nitrogens with zero attached hydrogens (tertiary/aromatic N) is 3. The zero-order valence-corrected chi connectivity index (χ0v) is 21.2. The van der Waals surface area contributed by atoms with Gasteiger partial charge in [-0.3, -0.25) is 9.59 Å². The lowest BCUT2D eigenvalue weighted by atomic mass is 9.90. The maximum absolute atomic E-state index is 13.7. The predicted octanol–water partition coefficient (Wildman–Crippen LogP) is 5.49. The van der Waals surface area contributed by atoms with E-state index in [0.29, 0.717) is 53.9 Å². The number of benzene rings is 2. The lowest BCUT2D eigenvalue weighted by Gasteiger charge is -2.30. The van der Waals surface area contributed by atoms with Crippen molar-refractivity contribution in [3.05, 3.63) is 92.1 Å². The van der Waals surface area contributed by atoms with Crippen LogP contribution in [0.15, 0.2) is 47.3 Å². The number of rotatable bonds is 4. The van der Waals surface area contributed by atoms with Gasteiger partial charge < -0.3 is 14.4 Å². The van der Waals surface area contributed by atoms with Crippen LogP contribution in [-0.2, 0) is 38.9 Å². The molecule has 4 rings (SSSR count). The van der Waals surface area contributed by atoms with Crippen LogP contribution in [0, 0.1) is 5.82 Å².